The number of aromatic nitrogens is 2. The molecule has 0 aliphatic heterocycles. The van der Waals surface area contributed by atoms with Gasteiger partial charge in [0, 0.05) is 5.69 Å². The molecule has 2 nitrogen and oxygen atoms in total. The Kier molecular flexibility index (Phi) is 2.58. The molecule has 0 aliphatic carbocycles. The third-order valence-electron chi connectivity index (χ3n) is 2.82. The molecule has 0 radical (unpaired) electrons. The lowest BCUT2D eigenvalue weighted by Crippen LogP contribution is -2.01. The number of aryl methyl sites for hydroxylation is 1. The van der Waals surface area contributed by atoms with E-state index in [-0.39, 0.29) is 0 Å². The molecule has 0 atom stereocenters. The van der Waals surface area contributed by atoms with E-state index in [1.807, 2.05) is 22.9 Å². The Balaban J connectivity index is 2.58. The van der Waals surface area contributed by atoms with Gasteiger partial charge in [-0.1, -0.05) is 25.1 Å². The summed E-state index contributed by atoms with van der Waals surface area (Å²) in [7, 11) is 0. The van der Waals surface area contributed by atoms with E-state index in [1.54, 1.807) is 0 Å². The molecular formula is C13H16N2. The molecule has 0 bridgehead atoms. The normalized spacial score (nSPS) is 10.6. The number of rotatable bonds is 2. The maximum absolute atomic E-state index is 4.57. The van der Waals surface area contributed by atoms with E-state index in [9.17, 15) is 0 Å². The standard InChI is InChI=1S/C13H16N2/c1-4-13-10(2)11(3)14-15(13)12-8-6-5-7-9-12/h5-9H,4H2,1-3H3. The first-order valence-corrected chi connectivity index (χ1v) is 5.34. The molecule has 2 rings (SSSR count). The second kappa shape index (κ2) is 3.89. The lowest BCUT2D eigenvalue weighted by molar-refractivity contribution is 0.803. The quantitative estimate of drug-likeness (QED) is 0.728. The van der Waals surface area contributed by atoms with E-state index in [0.29, 0.717) is 0 Å². The zero-order chi connectivity index (χ0) is 10.8. The SMILES string of the molecule is CCc1c(C)c(C)nn1-c1ccccc1. The fraction of sp³-hybridized carbons (Fsp3) is 0.308. The molecule has 0 spiro atoms. The van der Waals surface area contributed by atoms with Gasteiger partial charge in [0.2, 0.25) is 0 Å². The molecule has 0 amide bonds. The van der Waals surface area contributed by atoms with E-state index < -0.39 is 0 Å². The van der Waals surface area contributed by atoms with Crippen LogP contribution in [0.3, 0.4) is 0 Å². The minimum atomic E-state index is 1.02. The third kappa shape index (κ3) is 1.67. The summed E-state index contributed by atoms with van der Waals surface area (Å²) in [4.78, 5) is 0. The van der Waals surface area contributed by atoms with E-state index in [0.717, 1.165) is 17.8 Å². The van der Waals surface area contributed by atoms with E-state index >= 15 is 0 Å². The van der Waals surface area contributed by atoms with Gasteiger partial charge >= 0.3 is 0 Å². The lowest BCUT2D eigenvalue weighted by atomic mass is 10.2. The van der Waals surface area contributed by atoms with Crippen LogP contribution < -0.4 is 0 Å². The van der Waals surface area contributed by atoms with Gasteiger partial charge in [-0.2, -0.15) is 5.10 Å². The van der Waals surface area contributed by atoms with Gasteiger partial charge in [-0.05, 0) is 38.0 Å². The summed E-state index contributed by atoms with van der Waals surface area (Å²) in [5.74, 6) is 0. The molecule has 1 aromatic carbocycles. The van der Waals surface area contributed by atoms with Crippen molar-refractivity contribution >= 4 is 0 Å². The minimum absolute atomic E-state index is 1.02. The minimum Gasteiger partial charge on any atom is -0.237 e. The van der Waals surface area contributed by atoms with Crippen molar-refractivity contribution in [1.29, 1.82) is 0 Å². The molecule has 1 heterocycles. The maximum atomic E-state index is 4.57. The number of para-hydroxylation sites is 1. The van der Waals surface area contributed by atoms with Crippen molar-refractivity contribution in [2.24, 2.45) is 0 Å². The van der Waals surface area contributed by atoms with Crippen molar-refractivity contribution in [1.82, 2.24) is 9.78 Å². The van der Waals surface area contributed by atoms with Crippen LogP contribution in [0.2, 0.25) is 0 Å². The average molecular weight is 200 g/mol. The van der Waals surface area contributed by atoms with Crippen LogP contribution in [0.5, 0.6) is 0 Å². The zero-order valence-corrected chi connectivity index (χ0v) is 9.49. The van der Waals surface area contributed by atoms with Gasteiger partial charge < -0.3 is 0 Å². The molecule has 0 unspecified atom stereocenters. The van der Waals surface area contributed by atoms with Crippen molar-refractivity contribution in [2.45, 2.75) is 27.2 Å². The molecule has 78 valence electrons. The van der Waals surface area contributed by atoms with Crippen LogP contribution in [-0.2, 0) is 6.42 Å². The Morgan fingerprint density at radius 2 is 1.80 bits per heavy atom. The first-order chi connectivity index (χ1) is 7.24. The Morgan fingerprint density at radius 3 is 2.40 bits per heavy atom. The average Bonchev–Trinajstić information content (AvgIpc) is 2.56. The first kappa shape index (κ1) is 9.97. The van der Waals surface area contributed by atoms with Crippen molar-refractivity contribution < 1.29 is 0 Å². The highest BCUT2D eigenvalue weighted by atomic mass is 15.3. The topological polar surface area (TPSA) is 17.8 Å². The van der Waals surface area contributed by atoms with Gasteiger partial charge in [0.15, 0.2) is 0 Å². The predicted molar refractivity (Wildman–Crippen MR) is 62.4 cm³/mol. The Labute approximate surface area is 90.6 Å². The molecule has 0 fully saturated rings. The van der Waals surface area contributed by atoms with E-state index in [4.69, 9.17) is 0 Å². The predicted octanol–water partition coefficient (Wildman–Crippen LogP) is 3.05. The second-order valence-electron chi connectivity index (χ2n) is 3.76. The number of benzene rings is 1. The van der Waals surface area contributed by atoms with Crippen molar-refractivity contribution in [3.05, 3.63) is 47.3 Å². The van der Waals surface area contributed by atoms with Gasteiger partial charge in [0.1, 0.15) is 0 Å². The molecular weight excluding hydrogens is 184 g/mol. The molecule has 2 aromatic rings. The van der Waals surface area contributed by atoms with Gasteiger partial charge in [-0.15, -0.1) is 0 Å². The van der Waals surface area contributed by atoms with E-state index in [1.165, 1.54) is 11.3 Å². The second-order valence-corrected chi connectivity index (χ2v) is 3.76. The monoisotopic (exact) mass is 200 g/mol. The highest BCUT2D eigenvalue weighted by Crippen LogP contribution is 2.17. The summed E-state index contributed by atoms with van der Waals surface area (Å²) < 4.78 is 2.05. The number of nitrogens with zero attached hydrogens (tertiary/aromatic N) is 2. The molecule has 0 aliphatic rings. The fourth-order valence-corrected chi connectivity index (χ4v) is 1.85. The summed E-state index contributed by atoms with van der Waals surface area (Å²) >= 11 is 0. The third-order valence-corrected chi connectivity index (χ3v) is 2.82. The van der Waals surface area contributed by atoms with E-state index in [2.05, 4.69) is 38.0 Å². The smallest absolute Gasteiger partial charge is 0.0649 e. The molecule has 2 heteroatoms. The summed E-state index contributed by atoms with van der Waals surface area (Å²) in [6, 6.07) is 10.3. The summed E-state index contributed by atoms with van der Waals surface area (Å²) in [5, 5.41) is 4.57. The van der Waals surface area contributed by atoms with Crippen LogP contribution in [0.4, 0.5) is 0 Å². The van der Waals surface area contributed by atoms with Gasteiger partial charge in [-0.3, -0.25) is 0 Å². The van der Waals surface area contributed by atoms with Crippen molar-refractivity contribution in [2.75, 3.05) is 0 Å². The van der Waals surface area contributed by atoms with Crippen molar-refractivity contribution in [3.8, 4) is 5.69 Å². The highest BCUT2D eigenvalue weighted by molar-refractivity contribution is 5.36. The summed E-state index contributed by atoms with van der Waals surface area (Å²) in [6.07, 6.45) is 1.02. The Morgan fingerprint density at radius 1 is 1.13 bits per heavy atom. The summed E-state index contributed by atoms with van der Waals surface area (Å²) in [6.45, 7) is 6.37. The Bertz CT molecular complexity index is 455. The molecule has 0 N–H and O–H groups in total. The van der Waals surface area contributed by atoms with Crippen LogP contribution in [0.15, 0.2) is 30.3 Å². The highest BCUT2D eigenvalue weighted by Gasteiger charge is 2.10. The van der Waals surface area contributed by atoms with Gasteiger partial charge in [0.25, 0.3) is 0 Å². The zero-order valence-electron chi connectivity index (χ0n) is 9.49. The van der Waals surface area contributed by atoms with Crippen molar-refractivity contribution in [3.63, 3.8) is 0 Å². The van der Waals surface area contributed by atoms with Gasteiger partial charge in [-0.25, -0.2) is 4.68 Å². The number of hydrogen-bond donors (Lipinski definition) is 0. The molecule has 0 saturated carbocycles. The van der Waals surface area contributed by atoms with Crippen LogP contribution in [0.1, 0.15) is 23.9 Å². The maximum Gasteiger partial charge on any atom is 0.0649 e. The molecule has 0 saturated heterocycles. The largest absolute Gasteiger partial charge is 0.237 e. The molecule has 15 heavy (non-hydrogen) atoms. The van der Waals surface area contributed by atoms with Crippen LogP contribution in [0.25, 0.3) is 5.69 Å². The molecule has 1 aromatic heterocycles. The lowest BCUT2D eigenvalue weighted by Gasteiger charge is -2.05. The Hall–Kier alpha value is -1.57. The van der Waals surface area contributed by atoms with Crippen LogP contribution in [0, 0.1) is 13.8 Å². The fourth-order valence-electron chi connectivity index (χ4n) is 1.85. The van der Waals surface area contributed by atoms with Gasteiger partial charge in [0.05, 0.1) is 11.4 Å². The number of hydrogen-bond acceptors (Lipinski definition) is 1. The first-order valence-electron chi connectivity index (χ1n) is 5.34. The summed E-state index contributed by atoms with van der Waals surface area (Å²) in [5.41, 5.74) is 4.88. The van der Waals surface area contributed by atoms with Crippen LogP contribution >= 0.6 is 0 Å². The van der Waals surface area contributed by atoms with Crippen LogP contribution in [-0.4, -0.2) is 9.78 Å².